The van der Waals surface area contributed by atoms with Gasteiger partial charge in [-0.15, -0.1) is 23.7 Å². The Labute approximate surface area is 165 Å². The molecule has 0 saturated carbocycles. The van der Waals surface area contributed by atoms with E-state index < -0.39 is 15.2 Å². The summed E-state index contributed by atoms with van der Waals surface area (Å²) >= 11 is 1.34. The van der Waals surface area contributed by atoms with Crippen molar-refractivity contribution in [2.24, 2.45) is 5.92 Å². The molecule has 1 N–H and O–H groups in total. The Kier molecular flexibility index (Phi) is 6.41. The molecule has 26 heavy (non-hydrogen) atoms. The molecular formula is C19H25ClN2O2S2. The Hall–Kier alpha value is -0.920. The number of fused-ring (bicyclic) bond motifs is 1. The number of thiophene rings is 1. The van der Waals surface area contributed by atoms with Crippen LogP contribution in [-0.4, -0.2) is 38.3 Å². The van der Waals surface area contributed by atoms with Crippen LogP contribution in [0.5, 0.6) is 0 Å². The number of piperidine rings is 1. The molecule has 1 saturated heterocycles. The van der Waals surface area contributed by atoms with Gasteiger partial charge in [-0.25, -0.2) is 8.42 Å². The van der Waals surface area contributed by atoms with Crippen molar-refractivity contribution in [1.29, 1.82) is 0 Å². The number of hydrogen-bond donors (Lipinski definition) is 1. The van der Waals surface area contributed by atoms with E-state index in [4.69, 9.17) is 0 Å². The highest BCUT2D eigenvalue weighted by Gasteiger charge is 2.41. The fraction of sp³-hybridized carbons (Fsp3) is 0.474. The number of hydrogen-bond acceptors (Lipinski definition) is 5. The maximum absolute atomic E-state index is 13.5. The number of rotatable bonds is 4. The van der Waals surface area contributed by atoms with E-state index in [0.717, 1.165) is 45.4 Å². The second-order valence-corrected chi connectivity index (χ2v) is 10.2. The van der Waals surface area contributed by atoms with Crippen molar-refractivity contribution >= 4 is 33.6 Å². The third kappa shape index (κ3) is 3.85. The minimum atomic E-state index is -3.34. The van der Waals surface area contributed by atoms with Gasteiger partial charge in [-0.05, 0) is 60.8 Å². The van der Waals surface area contributed by atoms with Gasteiger partial charge in [0, 0.05) is 13.1 Å². The van der Waals surface area contributed by atoms with E-state index in [1.54, 1.807) is 6.07 Å². The smallest absolute Gasteiger partial charge is 0.204 e. The number of nitrogens with one attached hydrogen (secondary N) is 1. The summed E-state index contributed by atoms with van der Waals surface area (Å²) in [6, 6.07) is 12.0. The van der Waals surface area contributed by atoms with Crippen LogP contribution in [0.1, 0.15) is 24.0 Å². The van der Waals surface area contributed by atoms with Crippen molar-refractivity contribution in [3.05, 3.63) is 52.9 Å². The van der Waals surface area contributed by atoms with Gasteiger partial charge in [0.05, 0.1) is 0 Å². The average molecular weight is 413 g/mol. The number of sulfone groups is 1. The van der Waals surface area contributed by atoms with Crippen LogP contribution in [0.4, 0.5) is 0 Å². The quantitative estimate of drug-likeness (QED) is 0.836. The molecule has 7 heteroatoms. The van der Waals surface area contributed by atoms with Crippen LogP contribution in [-0.2, 0) is 22.8 Å². The first kappa shape index (κ1) is 19.8. The molecule has 1 atom stereocenters. The van der Waals surface area contributed by atoms with E-state index in [1.807, 2.05) is 11.4 Å². The Balaban J connectivity index is 0.00000196. The molecule has 2 aromatic rings. The van der Waals surface area contributed by atoms with Gasteiger partial charge in [-0.2, -0.15) is 0 Å². The fourth-order valence-corrected chi connectivity index (χ4v) is 7.46. The van der Waals surface area contributed by atoms with E-state index in [2.05, 4.69) is 34.5 Å². The molecule has 0 aliphatic carbocycles. The molecule has 3 heterocycles. The lowest BCUT2D eigenvalue weighted by atomic mass is 9.94. The predicted octanol–water partition coefficient (Wildman–Crippen LogP) is 3.33. The van der Waals surface area contributed by atoms with Gasteiger partial charge in [0.1, 0.15) is 9.58 Å². The molecule has 4 rings (SSSR count). The second kappa shape index (κ2) is 8.40. The molecule has 2 aliphatic heterocycles. The standard InChI is InChI=1S/C19H24N2O2S2.ClH/c22-25(23,18-6-3-13-24-18)19(16-7-10-20-11-8-16)21-12-9-15-4-1-2-5-17(15)14-21;/h1-6,13,16,19-20H,7-12,14H2;1H. The van der Waals surface area contributed by atoms with E-state index in [9.17, 15) is 8.42 Å². The van der Waals surface area contributed by atoms with Crippen molar-refractivity contribution in [2.45, 2.75) is 35.4 Å². The SMILES string of the molecule is Cl.O=S(=O)(c1cccs1)C(C1CCNCC1)N1CCc2ccccc2C1. The van der Waals surface area contributed by atoms with Gasteiger partial charge in [0.2, 0.25) is 9.84 Å². The van der Waals surface area contributed by atoms with Crippen LogP contribution < -0.4 is 5.32 Å². The molecule has 1 aromatic carbocycles. The summed E-state index contributed by atoms with van der Waals surface area (Å²) in [7, 11) is -3.34. The zero-order valence-corrected chi connectivity index (χ0v) is 17.1. The Morgan fingerprint density at radius 1 is 1.08 bits per heavy atom. The molecule has 0 bridgehead atoms. The third-order valence-electron chi connectivity index (χ3n) is 5.40. The molecular weight excluding hydrogens is 388 g/mol. The van der Waals surface area contributed by atoms with Gasteiger partial charge in [0.15, 0.2) is 0 Å². The molecule has 1 unspecified atom stereocenters. The Bertz CT molecular complexity index is 818. The van der Waals surface area contributed by atoms with Crippen LogP contribution in [0.15, 0.2) is 46.0 Å². The normalized spacial score (nSPS) is 20.2. The number of halogens is 1. The summed E-state index contributed by atoms with van der Waals surface area (Å²) in [5.41, 5.74) is 2.63. The molecule has 1 aromatic heterocycles. The highest BCUT2D eigenvalue weighted by atomic mass is 35.5. The molecule has 0 amide bonds. The fourth-order valence-electron chi connectivity index (χ4n) is 4.16. The summed E-state index contributed by atoms with van der Waals surface area (Å²) in [5, 5.41) is 4.81. The van der Waals surface area contributed by atoms with Crippen LogP contribution in [0.2, 0.25) is 0 Å². The first-order valence-corrected chi connectivity index (χ1v) is 11.4. The zero-order valence-electron chi connectivity index (χ0n) is 14.6. The number of benzene rings is 1. The lowest BCUT2D eigenvalue weighted by Crippen LogP contribution is -2.50. The molecule has 1 fully saturated rings. The molecule has 4 nitrogen and oxygen atoms in total. The lowest BCUT2D eigenvalue weighted by molar-refractivity contribution is 0.159. The summed E-state index contributed by atoms with van der Waals surface area (Å²) in [6.45, 7) is 3.36. The van der Waals surface area contributed by atoms with Gasteiger partial charge in [-0.3, -0.25) is 4.90 Å². The highest BCUT2D eigenvalue weighted by molar-refractivity contribution is 7.94. The van der Waals surface area contributed by atoms with Crippen molar-refractivity contribution in [3.8, 4) is 0 Å². The highest BCUT2D eigenvalue weighted by Crippen LogP contribution is 2.34. The van der Waals surface area contributed by atoms with Gasteiger partial charge >= 0.3 is 0 Å². The lowest BCUT2D eigenvalue weighted by Gasteiger charge is -2.40. The van der Waals surface area contributed by atoms with Crippen LogP contribution in [0, 0.1) is 5.92 Å². The summed E-state index contributed by atoms with van der Waals surface area (Å²) < 4.78 is 27.4. The first-order chi connectivity index (χ1) is 12.2. The third-order valence-corrected chi connectivity index (χ3v) is 9.06. The predicted molar refractivity (Wildman–Crippen MR) is 109 cm³/mol. The summed E-state index contributed by atoms with van der Waals surface area (Å²) in [4.78, 5) is 2.22. The van der Waals surface area contributed by atoms with Crippen molar-refractivity contribution in [3.63, 3.8) is 0 Å². The van der Waals surface area contributed by atoms with Crippen LogP contribution >= 0.6 is 23.7 Å². The summed E-state index contributed by atoms with van der Waals surface area (Å²) in [6.07, 6.45) is 2.78. The van der Waals surface area contributed by atoms with Crippen molar-refractivity contribution in [1.82, 2.24) is 10.2 Å². The van der Waals surface area contributed by atoms with Crippen LogP contribution in [0.3, 0.4) is 0 Å². The monoisotopic (exact) mass is 412 g/mol. The largest absolute Gasteiger partial charge is 0.317 e. The van der Waals surface area contributed by atoms with Crippen LogP contribution in [0.25, 0.3) is 0 Å². The van der Waals surface area contributed by atoms with Crippen molar-refractivity contribution in [2.75, 3.05) is 19.6 Å². The average Bonchev–Trinajstić information content (AvgIpc) is 3.18. The molecule has 0 spiro atoms. The van der Waals surface area contributed by atoms with E-state index in [-0.39, 0.29) is 18.3 Å². The maximum atomic E-state index is 13.5. The zero-order chi connectivity index (χ0) is 17.3. The topological polar surface area (TPSA) is 49.4 Å². The van der Waals surface area contributed by atoms with E-state index in [1.165, 1.54) is 22.5 Å². The maximum Gasteiger partial charge on any atom is 0.204 e. The van der Waals surface area contributed by atoms with Gasteiger partial charge in [0.25, 0.3) is 0 Å². The number of nitrogens with zero attached hydrogens (tertiary/aromatic N) is 1. The first-order valence-electron chi connectivity index (χ1n) is 8.95. The Morgan fingerprint density at radius 2 is 1.81 bits per heavy atom. The van der Waals surface area contributed by atoms with E-state index in [0.29, 0.717) is 4.21 Å². The minimum absolute atomic E-state index is 0. The molecule has 142 valence electrons. The second-order valence-electron chi connectivity index (χ2n) is 6.94. The van der Waals surface area contributed by atoms with Gasteiger partial charge < -0.3 is 5.32 Å². The van der Waals surface area contributed by atoms with Gasteiger partial charge in [-0.1, -0.05) is 30.3 Å². The minimum Gasteiger partial charge on any atom is -0.317 e. The van der Waals surface area contributed by atoms with E-state index >= 15 is 0 Å². The molecule has 0 radical (unpaired) electrons. The summed E-state index contributed by atoms with van der Waals surface area (Å²) in [5.74, 6) is 0.193. The molecule has 2 aliphatic rings. The Morgan fingerprint density at radius 3 is 2.50 bits per heavy atom. The van der Waals surface area contributed by atoms with Crippen molar-refractivity contribution < 1.29 is 8.42 Å².